The maximum absolute atomic E-state index is 13.4. The average molecular weight is 450 g/mol. The monoisotopic (exact) mass is 449 g/mol. The number of carbonyl (C=O) groups is 3. The van der Waals surface area contributed by atoms with E-state index in [1.54, 1.807) is 14.0 Å². The van der Waals surface area contributed by atoms with Crippen molar-refractivity contribution in [3.8, 4) is 0 Å². The van der Waals surface area contributed by atoms with Crippen molar-refractivity contribution in [2.75, 3.05) is 25.5 Å². The molecule has 1 aromatic carbocycles. The molecule has 4 rings (SSSR count). The Morgan fingerprint density at radius 2 is 2.06 bits per heavy atom. The van der Waals surface area contributed by atoms with Crippen LogP contribution in [0.1, 0.15) is 28.7 Å². The van der Waals surface area contributed by atoms with E-state index in [1.165, 1.54) is 26.6 Å². The molecule has 1 atom stereocenters. The second-order valence-corrected chi connectivity index (χ2v) is 8.60. The lowest BCUT2D eigenvalue weighted by Gasteiger charge is -2.28. The molecule has 2 aliphatic heterocycles. The van der Waals surface area contributed by atoms with Crippen LogP contribution in [0.4, 0.5) is 14.9 Å². The minimum atomic E-state index is -1.18. The third-order valence-electron chi connectivity index (χ3n) is 5.71. The number of nitrogens with one attached hydrogen (secondary N) is 1. The van der Waals surface area contributed by atoms with Gasteiger partial charge in [-0.3, -0.25) is 14.3 Å². The summed E-state index contributed by atoms with van der Waals surface area (Å²) in [6, 6.07) is 3.48. The third kappa shape index (κ3) is 3.71. The Bertz CT molecular complexity index is 1100. The van der Waals surface area contributed by atoms with E-state index in [0.717, 1.165) is 6.07 Å². The molecule has 0 saturated heterocycles. The fourth-order valence-electron chi connectivity index (χ4n) is 4.02. The van der Waals surface area contributed by atoms with Crippen molar-refractivity contribution in [3.63, 3.8) is 0 Å². The van der Waals surface area contributed by atoms with Gasteiger partial charge in [0, 0.05) is 37.8 Å². The highest BCUT2D eigenvalue weighted by molar-refractivity contribution is 6.31. The molecule has 1 unspecified atom stereocenters. The zero-order valence-electron chi connectivity index (χ0n) is 17.0. The topological polar surface area (TPSA) is 108 Å². The Balaban J connectivity index is 1.61. The molecule has 0 spiro atoms. The first kappa shape index (κ1) is 21.1. The number of carbonyl (C=O) groups excluding carboxylic acids is 2. The summed E-state index contributed by atoms with van der Waals surface area (Å²) >= 11 is 5.77. The van der Waals surface area contributed by atoms with Crippen LogP contribution in [0.3, 0.4) is 0 Å². The molecule has 0 radical (unpaired) electrons. The molecule has 0 bridgehead atoms. The predicted octanol–water partition coefficient (Wildman–Crippen LogP) is 2.44. The molecule has 3 amide bonds. The number of amides is 3. The van der Waals surface area contributed by atoms with Gasteiger partial charge in [0.1, 0.15) is 16.9 Å². The Morgan fingerprint density at radius 3 is 2.74 bits per heavy atom. The normalized spacial score (nSPS) is 20.7. The smallest absolute Gasteiger partial charge is 0.322 e. The highest BCUT2D eigenvalue weighted by Crippen LogP contribution is 2.31. The predicted molar refractivity (Wildman–Crippen MR) is 109 cm³/mol. The average Bonchev–Trinajstić information content (AvgIpc) is 3.01. The van der Waals surface area contributed by atoms with E-state index in [2.05, 4.69) is 10.4 Å². The maximum Gasteiger partial charge on any atom is 0.322 e. The van der Waals surface area contributed by atoms with Gasteiger partial charge in [-0.05, 0) is 25.1 Å². The van der Waals surface area contributed by atoms with E-state index in [0.29, 0.717) is 35.6 Å². The molecular formula is C20H21ClFN5O4. The highest BCUT2D eigenvalue weighted by Gasteiger charge is 2.43. The van der Waals surface area contributed by atoms with Crippen molar-refractivity contribution >= 4 is 35.2 Å². The standard InChI is InChI=1S/C20H21ClFN5O4/c1-20(18(29)30)9-25(2)17(28)16-12-8-26(6-5-15(12)24-27(16)10-20)19(31)23-11-3-4-14(22)13(21)7-11/h3-4,7H,5-6,8-10H2,1-2H3,(H,23,31)(H,29,30). The zero-order chi connectivity index (χ0) is 22.5. The highest BCUT2D eigenvalue weighted by atomic mass is 35.5. The summed E-state index contributed by atoms with van der Waals surface area (Å²) in [6.07, 6.45) is 0.424. The van der Waals surface area contributed by atoms with Gasteiger partial charge in [0.05, 0.1) is 23.8 Å². The first-order chi connectivity index (χ1) is 14.6. The van der Waals surface area contributed by atoms with Gasteiger partial charge in [-0.25, -0.2) is 9.18 Å². The number of rotatable bonds is 2. The van der Waals surface area contributed by atoms with Crippen molar-refractivity contribution in [3.05, 3.63) is 46.0 Å². The number of anilines is 1. The van der Waals surface area contributed by atoms with Gasteiger partial charge in [-0.15, -0.1) is 0 Å². The van der Waals surface area contributed by atoms with Gasteiger partial charge in [-0.2, -0.15) is 5.10 Å². The molecule has 164 valence electrons. The number of aromatic nitrogens is 2. The number of benzene rings is 1. The van der Waals surface area contributed by atoms with Gasteiger partial charge >= 0.3 is 12.0 Å². The second kappa shape index (κ2) is 7.52. The first-order valence-electron chi connectivity index (χ1n) is 9.67. The van der Waals surface area contributed by atoms with Crippen molar-refractivity contribution in [2.24, 2.45) is 5.41 Å². The minimum absolute atomic E-state index is 0.0504. The van der Waals surface area contributed by atoms with Gasteiger partial charge in [0.15, 0.2) is 0 Å². The number of carboxylic acids is 1. The van der Waals surface area contributed by atoms with Crippen LogP contribution in [0.2, 0.25) is 5.02 Å². The third-order valence-corrected chi connectivity index (χ3v) is 6.00. The molecule has 2 aromatic rings. The SMILES string of the molecule is CN1CC(C)(C(=O)O)Cn2nc3c(c2C1=O)CN(C(=O)Nc1ccc(F)c(Cl)c1)CC3. The van der Waals surface area contributed by atoms with Crippen molar-refractivity contribution in [1.29, 1.82) is 0 Å². The first-order valence-corrected chi connectivity index (χ1v) is 10.1. The number of hydrogen-bond donors (Lipinski definition) is 2. The number of aliphatic carboxylic acids is 1. The Morgan fingerprint density at radius 1 is 1.32 bits per heavy atom. The number of carboxylic acid groups (broad SMARTS) is 1. The number of halogens is 2. The van der Waals surface area contributed by atoms with Crippen LogP contribution in [-0.2, 0) is 24.3 Å². The van der Waals surface area contributed by atoms with Crippen molar-refractivity contribution in [1.82, 2.24) is 19.6 Å². The number of fused-ring (bicyclic) bond motifs is 3. The quantitative estimate of drug-likeness (QED) is 0.732. The number of nitrogens with zero attached hydrogens (tertiary/aromatic N) is 4. The molecule has 11 heteroatoms. The molecule has 0 aliphatic carbocycles. The lowest BCUT2D eigenvalue weighted by molar-refractivity contribution is -0.149. The lowest BCUT2D eigenvalue weighted by Crippen LogP contribution is -2.42. The Labute approximate surface area is 182 Å². The number of hydrogen-bond acceptors (Lipinski definition) is 4. The summed E-state index contributed by atoms with van der Waals surface area (Å²) in [5.74, 6) is -1.92. The number of urea groups is 1. The van der Waals surface area contributed by atoms with E-state index in [9.17, 15) is 23.9 Å². The molecule has 1 aromatic heterocycles. The second-order valence-electron chi connectivity index (χ2n) is 8.19. The van der Waals surface area contributed by atoms with Gasteiger partial charge in [0.2, 0.25) is 0 Å². The molecule has 2 aliphatic rings. The van der Waals surface area contributed by atoms with Crippen molar-refractivity contribution < 1.29 is 23.9 Å². The van der Waals surface area contributed by atoms with Crippen LogP contribution in [-0.4, -0.2) is 62.7 Å². The molecule has 2 N–H and O–H groups in total. The molecule has 0 fully saturated rings. The van der Waals surface area contributed by atoms with Gasteiger partial charge in [0.25, 0.3) is 5.91 Å². The molecule has 9 nitrogen and oxygen atoms in total. The molecule has 0 saturated carbocycles. The molecule has 3 heterocycles. The van der Waals surface area contributed by atoms with Crippen LogP contribution in [0.5, 0.6) is 0 Å². The lowest BCUT2D eigenvalue weighted by atomic mass is 9.90. The summed E-state index contributed by atoms with van der Waals surface area (Å²) in [5, 5.41) is 16.8. The zero-order valence-corrected chi connectivity index (χ0v) is 17.7. The summed E-state index contributed by atoms with van der Waals surface area (Å²) in [4.78, 5) is 40.5. The van der Waals surface area contributed by atoms with Crippen LogP contribution in [0.15, 0.2) is 18.2 Å². The maximum atomic E-state index is 13.4. The molecular weight excluding hydrogens is 429 g/mol. The van der Waals surface area contributed by atoms with Crippen molar-refractivity contribution in [2.45, 2.75) is 26.4 Å². The van der Waals surface area contributed by atoms with E-state index in [-0.39, 0.29) is 30.6 Å². The minimum Gasteiger partial charge on any atom is -0.481 e. The van der Waals surface area contributed by atoms with Crippen LogP contribution >= 0.6 is 11.6 Å². The summed E-state index contributed by atoms with van der Waals surface area (Å²) in [5.41, 5.74) is 0.780. The summed E-state index contributed by atoms with van der Waals surface area (Å²) in [7, 11) is 1.56. The summed E-state index contributed by atoms with van der Waals surface area (Å²) in [6.45, 7) is 2.21. The van der Waals surface area contributed by atoms with Gasteiger partial charge in [-0.1, -0.05) is 11.6 Å². The Kier molecular flexibility index (Phi) is 5.12. The van der Waals surface area contributed by atoms with E-state index in [4.69, 9.17) is 11.6 Å². The van der Waals surface area contributed by atoms with E-state index < -0.39 is 23.2 Å². The van der Waals surface area contributed by atoms with E-state index >= 15 is 0 Å². The van der Waals surface area contributed by atoms with Crippen LogP contribution < -0.4 is 5.32 Å². The van der Waals surface area contributed by atoms with Crippen LogP contribution in [0, 0.1) is 11.2 Å². The van der Waals surface area contributed by atoms with Gasteiger partial charge < -0.3 is 20.2 Å². The largest absolute Gasteiger partial charge is 0.481 e. The van der Waals surface area contributed by atoms with E-state index in [1.807, 2.05) is 0 Å². The fraction of sp³-hybridized carbons (Fsp3) is 0.400. The molecule has 31 heavy (non-hydrogen) atoms. The van der Waals surface area contributed by atoms with Crippen LogP contribution in [0.25, 0.3) is 0 Å². The summed E-state index contributed by atoms with van der Waals surface area (Å²) < 4.78 is 14.8. The fourth-order valence-corrected chi connectivity index (χ4v) is 4.20. The Hall–Kier alpha value is -3.14.